The van der Waals surface area contributed by atoms with E-state index in [1.54, 1.807) is 12.1 Å². The van der Waals surface area contributed by atoms with Crippen molar-refractivity contribution in [1.82, 2.24) is 0 Å². The summed E-state index contributed by atoms with van der Waals surface area (Å²) in [5, 5.41) is 10.8. The molecule has 6 heteroatoms. The lowest BCUT2D eigenvalue weighted by molar-refractivity contribution is 0.432. The van der Waals surface area contributed by atoms with Gasteiger partial charge in [-0.2, -0.15) is 0 Å². The van der Waals surface area contributed by atoms with Gasteiger partial charge < -0.3 is 5.11 Å². The van der Waals surface area contributed by atoms with E-state index in [4.69, 9.17) is 5.11 Å². The molecule has 4 nitrogen and oxygen atoms in total. The Labute approximate surface area is 126 Å². The van der Waals surface area contributed by atoms with Crippen LogP contribution in [0.2, 0.25) is 0 Å². The zero-order valence-corrected chi connectivity index (χ0v) is 12.1. The van der Waals surface area contributed by atoms with Gasteiger partial charge in [-0.1, -0.05) is 30.3 Å². The molecule has 0 atom stereocenters. The molecule has 0 amide bonds. The van der Waals surface area contributed by atoms with Crippen LogP contribution in [0.15, 0.2) is 65.6 Å². The van der Waals surface area contributed by atoms with Crippen LogP contribution in [0.4, 0.5) is 10.1 Å². The van der Waals surface area contributed by atoms with E-state index in [1.807, 2.05) is 24.3 Å². The van der Waals surface area contributed by atoms with Crippen LogP contribution < -0.4 is 4.72 Å². The Bertz CT molecular complexity index is 955. The number of aromatic hydroxyl groups is 1. The summed E-state index contributed by atoms with van der Waals surface area (Å²) in [6, 6.07) is 15.4. The Morgan fingerprint density at radius 1 is 0.909 bits per heavy atom. The van der Waals surface area contributed by atoms with Gasteiger partial charge in [0.1, 0.15) is 0 Å². The first-order valence-corrected chi connectivity index (χ1v) is 7.94. The quantitative estimate of drug-likeness (QED) is 0.727. The summed E-state index contributed by atoms with van der Waals surface area (Å²) < 4.78 is 40.3. The van der Waals surface area contributed by atoms with Gasteiger partial charge in [0.25, 0.3) is 10.0 Å². The Balaban J connectivity index is 1.98. The first kappa shape index (κ1) is 14.3. The first-order chi connectivity index (χ1) is 10.5. The molecule has 0 radical (unpaired) electrons. The maximum atomic E-state index is 13.3. The van der Waals surface area contributed by atoms with Crippen LogP contribution in [-0.2, 0) is 10.0 Å². The van der Waals surface area contributed by atoms with Gasteiger partial charge in [0.15, 0.2) is 11.6 Å². The summed E-state index contributed by atoms with van der Waals surface area (Å²) in [5.41, 5.74) is 0.0449. The highest BCUT2D eigenvalue weighted by atomic mass is 32.2. The summed E-state index contributed by atoms with van der Waals surface area (Å²) >= 11 is 0. The van der Waals surface area contributed by atoms with Gasteiger partial charge in [-0.25, -0.2) is 12.8 Å². The first-order valence-electron chi connectivity index (χ1n) is 6.46. The maximum Gasteiger partial charge on any atom is 0.261 e. The van der Waals surface area contributed by atoms with E-state index in [0.29, 0.717) is 0 Å². The number of fused-ring (bicyclic) bond motifs is 1. The monoisotopic (exact) mass is 317 g/mol. The Morgan fingerprint density at radius 2 is 1.64 bits per heavy atom. The minimum atomic E-state index is -3.83. The molecule has 0 bridgehead atoms. The van der Waals surface area contributed by atoms with Crippen molar-refractivity contribution in [2.45, 2.75) is 4.90 Å². The largest absolute Gasteiger partial charge is 0.505 e. The standard InChI is InChI=1S/C16H12FNO3S/c17-15-10-13(6-8-16(15)19)18-22(20,21)14-7-5-11-3-1-2-4-12(11)9-14/h1-10,18-19H. The fourth-order valence-electron chi connectivity index (χ4n) is 2.12. The summed E-state index contributed by atoms with van der Waals surface area (Å²) in [7, 11) is -3.83. The van der Waals surface area contributed by atoms with E-state index in [0.717, 1.165) is 22.9 Å². The van der Waals surface area contributed by atoms with Crippen molar-refractivity contribution in [2.24, 2.45) is 0 Å². The Hall–Kier alpha value is -2.60. The van der Waals surface area contributed by atoms with Gasteiger partial charge in [-0.15, -0.1) is 0 Å². The number of phenols is 1. The molecule has 0 heterocycles. The van der Waals surface area contributed by atoms with Crippen molar-refractivity contribution < 1.29 is 17.9 Å². The molecule has 0 fully saturated rings. The highest BCUT2D eigenvalue weighted by molar-refractivity contribution is 7.92. The number of hydrogen-bond donors (Lipinski definition) is 2. The summed E-state index contributed by atoms with van der Waals surface area (Å²) in [6.45, 7) is 0. The number of anilines is 1. The second kappa shape index (κ2) is 5.31. The van der Waals surface area contributed by atoms with E-state index < -0.39 is 21.6 Å². The summed E-state index contributed by atoms with van der Waals surface area (Å²) in [4.78, 5) is 0.0830. The molecule has 22 heavy (non-hydrogen) atoms. The van der Waals surface area contributed by atoms with Crippen LogP contribution in [0.5, 0.6) is 5.75 Å². The number of halogens is 1. The minimum absolute atomic E-state index is 0.0449. The van der Waals surface area contributed by atoms with Crippen LogP contribution in [0, 0.1) is 5.82 Å². The highest BCUT2D eigenvalue weighted by Gasteiger charge is 2.15. The third-order valence-corrected chi connectivity index (χ3v) is 4.61. The molecule has 3 aromatic rings. The van der Waals surface area contributed by atoms with Crippen LogP contribution in [0.1, 0.15) is 0 Å². The van der Waals surface area contributed by atoms with Crippen LogP contribution >= 0.6 is 0 Å². The summed E-state index contributed by atoms with van der Waals surface area (Å²) in [6.07, 6.45) is 0. The number of benzene rings is 3. The zero-order chi connectivity index (χ0) is 15.7. The lowest BCUT2D eigenvalue weighted by Gasteiger charge is -2.09. The molecule has 112 valence electrons. The molecule has 3 rings (SSSR count). The van der Waals surface area contributed by atoms with E-state index in [-0.39, 0.29) is 10.6 Å². The highest BCUT2D eigenvalue weighted by Crippen LogP contribution is 2.24. The van der Waals surface area contributed by atoms with Gasteiger partial charge in [-0.05, 0) is 35.0 Å². The second-order valence-corrected chi connectivity index (χ2v) is 6.46. The van der Waals surface area contributed by atoms with Crippen LogP contribution in [0.25, 0.3) is 10.8 Å². The molecule has 0 aliphatic carbocycles. The molecule has 0 spiro atoms. The van der Waals surface area contributed by atoms with Gasteiger partial charge in [0.2, 0.25) is 0 Å². The third kappa shape index (κ3) is 2.73. The Morgan fingerprint density at radius 3 is 2.36 bits per heavy atom. The molecule has 0 aliphatic rings. The molecule has 0 aliphatic heterocycles. The van der Waals surface area contributed by atoms with Crippen molar-refractivity contribution in [1.29, 1.82) is 0 Å². The van der Waals surface area contributed by atoms with Gasteiger partial charge in [-0.3, -0.25) is 4.72 Å². The zero-order valence-electron chi connectivity index (χ0n) is 11.3. The number of rotatable bonds is 3. The molecular weight excluding hydrogens is 305 g/mol. The average Bonchev–Trinajstić information content (AvgIpc) is 2.50. The lowest BCUT2D eigenvalue weighted by atomic mass is 10.1. The van der Waals surface area contributed by atoms with Gasteiger partial charge in [0, 0.05) is 6.07 Å². The molecule has 0 saturated heterocycles. The predicted molar refractivity (Wildman–Crippen MR) is 82.8 cm³/mol. The van der Waals surface area contributed by atoms with E-state index >= 15 is 0 Å². The smallest absolute Gasteiger partial charge is 0.261 e. The van der Waals surface area contributed by atoms with Gasteiger partial charge >= 0.3 is 0 Å². The minimum Gasteiger partial charge on any atom is -0.505 e. The van der Waals surface area contributed by atoms with E-state index in [1.165, 1.54) is 12.1 Å². The van der Waals surface area contributed by atoms with Crippen LogP contribution in [-0.4, -0.2) is 13.5 Å². The molecule has 2 N–H and O–H groups in total. The fraction of sp³-hybridized carbons (Fsp3) is 0. The number of nitrogens with one attached hydrogen (secondary N) is 1. The average molecular weight is 317 g/mol. The molecule has 3 aromatic carbocycles. The third-order valence-electron chi connectivity index (χ3n) is 3.23. The maximum absolute atomic E-state index is 13.3. The van der Waals surface area contributed by atoms with Crippen molar-refractivity contribution in [3.05, 3.63) is 66.5 Å². The van der Waals surface area contributed by atoms with Crippen molar-refractivity contribution in [2.75, 3.05) is 4.72 Å². The molecular formula is C16H12FNO3S. The fourth-order valence-corrected chi connectivity index (χ4v) is 3.20. The lowest BCUT2D eigenvalue weighted by Crippen LogP contribution is -2.13. The van der Waals surface area contributed by atoms with Crippen molar-refractivity contribution in [3.63, 3.8) is 0 Å². The molecule has 0 aromatic heterocycles. The predicted octanol–water partition coefficient (Wildman–Crippen LogP) is 3.49. The normalized spacial score (nSPS) is 11.5. The van der Waals surface area contributed by atoms with E-state index in [9.17, 15) is 12.8 Å². The SMILES string of the molecule is O=S(=O)(Nc1ccc(O)c(F)c1)c1ccc2ccccc2c1. The van der Waals surface area contributed by atoms with Gasteiger partial charge in [0.05, 0.1) is 10.6 Å². The topological polar surface area (TPSA) is 66.4 Å². The number of phenolic OH excluding ortho intramolecular Hbond substituents is 1. The van der Waals surface area contributed by atoms with Crippen molar-refractivity contribution in [3.8, 4) is 5.75 Å². The summed E-state index contributed by atoms with van der Waals surface area (Å²) in [5.74, 6) is -1.42. The molecule has 0 unspecified atom stereocenters. The Kier molecular flexibility index (Phi) is 3.46. The number of sulfonamides is 1. The number of hydrogen-bond acceptors (Lipinski definition) is 3. The van der Waals surface area contributed by atoms with Crippen molar-refractivity contribution >= 4 is 26.5 Å². The molecule has 0 saturated carbocycles. The van der Waals surface area contributed by atoms with Crippen LogP contribution in [0.3, 0.4) is 0 Å². The second-order valence-electron chi connectivity index (χ2n) is 4.78. The van der Waals surface area contributed by atoms with E-state index in [2.05, 4.69) is 4.72 Å².